The minimum absolute atomic E-state index is 0.621. The van der Waals surface area contributed by atoms with E-state index < -0.39 is 0 Å². The van der Waals surface area contributed by atoms with Gasteiger partial charge in [-0.1, -0.05) is 48.5 Å². The third kappa shape index (κ3) is 2.79. The fraction of sp³-hybridized carbons (Fsp3) is 0. The molecule has 0 amide bonds. The summed E-state index contributed by atoms with van der Waals surface area (Å²) in [5.74, 6) is 0. The maximum atomic E-state index is 10.1. The van der Waals surface area contributed by atoms with Crippen LogP contribution in [0, 0.1) is 11.3 Å². The van der Waals surface area contributed by atoms with Crippen molar-refractivity contribution in [1.82, 2.24) is 4.57 Å². The summed E-state index contributed by atoms with van der Waals surface area (Å²) in [7, 11) is 0. The number of furan rings is 1. The zero-order valence-electron chi connectivity index (χ0n) is 18.7. The summed E-state index contributed by atoms with van der Waals surface area (Å²) in [4.78, 5) is 0. The molecule has 0 aliphatic rings. The van der Waals surface area contributed by atoms with Crippen LogP contribution in [0.15, 0.2) is 108 Å². The molecule has 2 aromatic heterocycles. The molecule has 4 heteroatoms. The number of fused-ring (bicyclic) bond motifs is 6. The molecule has 0 atom stereocenters. The highest BCUT2D eigenvalue weighted by atomic mass is 16.3. The van der Waals surface area contributed by atoms with Crippen LogP contribution in [0.5, 0.6) is 0 Å². The van der Waals surface area contributed by atoms with Gasteiger partial charge in [0.25, 0.3) is 0 Å². The Morgan fingerprint density at radius 3 is 2.03 bits per heavy atom. The van der Waals surface area contributed by atoms with Crippen molar-refractivity contribution in [2.24, 2.45) is 0 Å². The molecule has 0 fully saturated rings. The van der Waals surface area contributed by atoms with Gasteiger partial charge < -0.3 is 14.7 Å². The van der Waals surface area contributed by atoms with Crippen molar-refractivity contribution < 1.29 is 4.42 Å². The summed E-state index contributed by atoms with van der Waals surface area (Å²) in [5.41, 5.74) is 14.0. The van der Waals surface area contributed by atoms with E-state index in [1.165, 1.54) is 10.8 Å². The van der Waals surface area contributed by atoms with Gasteiger partial charge in [0.05, 0.1) is 28.4 Å². The van der Waals surface area contributed by atoms with E-state index in [0.717, 1.165) is 49.8 Å². The van der Waals surface area contributed by atoms with E-state index in [9.17, 15) is 5.26 Å². The average molecular weight is 450 g/mol. The molecule has 164 valence electrons. The molecule has 4 nitrogen and oxygen atoms in total. The predicted octanol–water partition coefficient (Wildman–Crippen LogP) is 7.80. The van der Waals surface area contributed by atoms with E-state index in [1.807, 2.05) is 42.5 Å². The zero-order valence-corrected chi connectivity index (χ0v) is 18.7. The lowest BCUT2D eigenvalue weighted by Crippen LogP contribution is -1.99. The first-order valence-corrected chi connectivity index (χ1v) is 11.5. The van der Waals surface area contributed by atoms with E-state index in [-0.39, 0.29) is 0 Å². The zero-order chi connectivity index (χ0) is 23.5. The van der Waals surface area contributed by atoms with E-state index >= 15 is 0 Å². The topological polar surface area (TPSA) is 67.9 Å². The number of benzene rings is 5. The number of aromatic nitrogens is 1. The Hall–Kier alpha value is -5.01. The second kappa shape index (κ2) is 7.24. The Morgan fingerprint density at radius 1 is 0.657 bits per heavy atom. The Morgan fingerprint density at radius 2 is 1.31 bits per heavy atom. The van der Waals surface area contributed by atoms with Crippen molar-refractivity contribution in [3.63, 3.8) is 0 Å². The molecule has 0 radical (unpaired) electrons. The van der Waals surface area contributed by atoms with Gasteiger partial charge >= 0.3 is 0 Å². The number of para-hydroxylation sites is 2. The van der Waals surface area contributed by atoms with Crippen LogP contribution in [0.4, 0.5) is 5.69 Å². The Bertz CT molecular complexity index is 1930. The summed E-state index contributed by atoms with van der Waals surface area (Å²) in [5, 5.41) is 14.4. The Balaban J connectivity index is 1.59. The van der Waals surface area contributed by atoms with Crippen molar-refractivity contribution in [1.29, 1.82) is 5.26 Å². The third-order valence-corrected chi connectivity index (χ3v) is 6.77. The van der Waals surface area contributed by atoms with Crippen LogP contribution in [-0.4, -0.2) is 4.57 Å². The number of nitrogens with zero attached hydrogens (tertiary/aromatic N) is 2. The summed E-state index contributed by atoms with van der Waals surface area (Å²) in [6.07, 6.45) is 0. The van der Waals surface area contributed by atoms with Crippen molar-refractivity contribution >= 4 is 49.4 Å². The van der Waals surface area contributed by atoms with E-state index in [2.05, 4.69) is 71.3 Å². The largest absolute Gasteiger partial charge is 0.456 e. The molecule has 0 unspecified atom stereocenters. The monoisotopic (exact) mass is 449 g/mol. The molecular weight excluding hydrogens is 430 g/mol. The highest BCUT2D eigenvalue weighted by Gasteiger charge is 2.19. The van der Waals surface area contributed by atoms with Crippen molar-refractivity contribution in [2.45, 2.75) is 0 Å². The van der Waals surface area contributed by atoms with Gasteiger partial charge in [-0.25, -0.2) is 0 Å². The van der Waals surface area contributed by atoms with Crippen LogP contribution < -0.4 is 5.73 Å². The molecule has 7 aromatic rings. The predicted molar refractivity (Wildman–Crippen MR) is 143 cm³/mol. The number of hydrogen-bond acceptors (Lipinski definition) is 3. The molecule has 0 spiro atoms. The molecule has 2 heterocycles. The maximum absolute atomic E-state index is 10.1. The molecule has 0 saturated carbocycles. The summed E-state index contributed by atoms with van der Waals surface area (Å²) in [6, 6.07) is 36.9. The first-order valence-electron chi connectivity index (χ1n) is 11.5. The van der Waals surface area contributed by atoms with Gasteiger partial charge in [0.2, 0.25) is 0 Å². The molecular formula is C31H19N3O. The Kier molecular flexibility index (Phi) is 4.03. The van der Waals surface area contributed by atoms with Crippen molar-refractivity contribution in [3.05, 3.63) is 109 Å². The van der Waals surface area contributed by atoms with Gasteiger partial charge in [0, 0.05) is 32.8 Å². The fourth-order valence-electron chi connectivity index (χ4n) is 5.26. The van der Waals surface area contributed by atoms with E-state index in [1.54, 1.807) is 0 Å². The van der Waals surface area contributed by atoms with Crippen LogP contribution >= 0.6 is 0 Å². The van der Waals surface area contributed by atoms with Gasteiger partial charge in [0.1, 0.15) is 11.2 Å². The number of nitrogen functional groups attached to an aromatic ring is 1. The van der Waals surface area contributed by atoms with Crippen LogP contribution in [-0.2, 0) is 0 Å². The first-order chi connectivity index (χ1) is 17.2. The normalized spacial score (nSPS) is 11.5. The van der Waals surface area contributed by atoms with Crippen molar-refractivity contribution in [2.75, 3.05) is 5.73 Å². The summed E-state index contributed by atoms with van der Waals surface area (Å²) < 4.78 is 8.31. The highest BCUT2D eigenvalue weighted by molar-refractivity contribution is 6.11. The minimum atomic E-state index is 0.621. The van der Waals surface area contributed by atoms with E-state index in [0.29, 0.717) is 11.3 Å². The second-order valence-electron chi connectivity index (χ2n) is 8.75. The molecule has 0 bridgehead atoms. The maximum Gasteiger partial charge on any atom is 0.135 e. The highest BCUT2D eigenvalue weighted by Crippen LogP contribution is 2.39. The van der Waals surface area contributed by atoms with Crippen LogP contribution in [0.25, 0.3) is 60.6 Å². The van der Waals surface area contributed by atoms with Gasteiger partial charge in [-0.2, -0.15) is 5.26 Å². The Labute approximate surface area is 201 Å². The number of anilines is 1. The van der Waals surface area contributed by atoms with Crippen LogP contribution in [0.3, 0.4) is 0 Å². The molecule has 5 aromatic carbocycles. The summed E-state index contributed by atoms with van der Waals surface area (Å²) >= 11 is 0. The number of rotatable bonds is 2. The number of hydrogen-bond donors (Lipinski definition) is 1. The molecule has 0 aliphatic heterocycles. The van der Waals surface area contributed by atoms with Gasteiger partial charge in [-0.15, -0.1) is 0 Å². The lowest BCUT2D eigenvalue weighted by molar-refractivity contribution is 0.669. The number of nitriles is 1. The lowest BCUT2D eigenvalue weighted by Gasteiger charge is -2.15. The standard InChI is InChI=1S/C31H19N3O/c32-18-20-6-5-11-28(34-26-9-3-1-7-22(26)23-8-2-4-10-27(23)34)31(20)19-12-14-29-24(16-19)25-17-21(33)13-15-30(25)35-29/h1-17H,33H2. The van der Waals surface area contributed by atoms with Crippen LogP contribution in [0.1, 0.15) is 5.56 Å². The molecule has 2 N–H and O–H groups in total. The van der Waals surface area contributed by atoms with Crippen molar-refractivity contribution in [3.8, 4) is 22.9 Å². The summed E-state index contributed by atoms with van der Waals surface area (Å²) in [6.45, 7) is 0. The van der Waals surface area contributed by atoms with Gasteiger partial charge in [-0.05, 0) is 60.2 Å². The third-order valence-electron chi connectivity index (χ3n) is 6.77. The lowest BCUT2D eigenvalue weighted by atomic mass is 9.96. The quantitative estimate of drug-likeness (QED) is 0.274. The minimum Gasteiger partial charge on any atom is -0.456 e. The number of nitrogens with two attached hydrogens (primary N) is 1. The SMILES string of the molecule is N#Cc1cccc(-n2c3ccccc3c3ccccc32)c1-c1ccc2oc3ccc(N)cc3c2c1. The molecule has 7 rings (SSSR count). The smallest absolute Gasteiger partial charge is 0.135 e. The molecule has 0 saturated heterocycles. The second-order valence-corrected chi connectivity index (χ2v) is 8.75. The van der Waals surface area contributed by atoms with E-state index in [4.69, 9.17) is 10.2 Å². The molecule has 0 aliphatic carbocycles. The first kappa shape index (κ1) is 19.5. The average Bonchev–Trinajstić information content (AvgIpc) is 3.43. The van der Waals surface area contributed by atoms with Crippen LogP contribution in [0.2, 0.25) is 0 Å². The van der Waals surface area contributed by atoms with Gasteiger partial charge in [0.15, 0.2) is 0 Å². The fourth-order valence-corrected chi connectivity index (χ4v) is 5.26. The van der Waals surface area contributed by atoms with Gasteiger partial charge in [-0.3, -0.25) is 0 Å². The molecule has 35 heavy (non-hydrogen) atoms.